The summed E-state index contributed by atoms with van der Waals surface area (Å²) in [6.07, 6.45) is -2.96. The SMILES string of the molecule is Cc1cnc(Cl)c(NC(=O)COCC(F)(F)F)c1. The minimum Gasteiger partial charge on any atom is -0.362 e. The first-order chi connectivity index (χ1) is 8.28. The lowest BCUT2D eigenvalue weighted by atomic mass is 10.3. The predicted molar refractivity (Wildman–Crippen MR) is 59.5 cm³/mol. The van der Waals surface area contributed by atoms with E-state index in [2.05, 4.69) is 15.0 Å². The molecule has 0 saturated carbocycles. The molecule has 1 rings (SSSR count). The third-order valence-corrected chi connectivity index (χ3v) is 2.05. The Morgan fingerprint density at radius 1 is 1.56 bits per heavy atom. The summed E-state index contributed by atoms with van der Waals surface area (Å²) in [6, 6.07) is 1.55. The van der Waals surface area contributed by atoms with E-state index in [-0.39, 0.29) is 10.8 Å². The van der Waals surface area contributed by atoms with Crippen molar-refractivity contribution in [2.45, 2.75) is 13.1 Å². The third kappa shape index (κ3) is 5.33. The van der Waals surface area contributed by atoms with Gasteiger partial charge in [-0.05, 0) is 18.6 Å². The van der Waals surface area contributed by atoms with Gasteiger partial charge in [-0.25, -0.2) is 4.98 Å². The van der Waals surface area contributed by atoms with Gasteiger partial charge in [0, 0.05) is 6.20 Å². The average Bonchev–Trinajstić information content (AvgIpc) is 2.21. The number of ether oxygens (including phenoxy) is 1. The zero-order valence-electron chi connectivity index (χ0n) is 9.34. The lowest BCUT2D eigenvalue weighted by molar-refractivity contribution is -0.174. The van der Waals surface area contributed by atoms with E-state index < -0.39 is 25.3 Å². The van der Waals surface area contributed by atoms with Crippen LogP contribution in [0.5, 0.6) is 0 Å². The summed E-state index contributed by atoms with van der Waals surface area (Å²) in [5, 5.41) is 2.37. The Balaban J connectivity index is 2.47. The van der Waals surface area contributed by atoms with Gasteiger partial charge in [-0.3, -0.25) is 4.79 Å². The molecule has 0 aliphatic rings. The highest BCUT2D eigenvalue weighted by Crippen LogP contribution is 2.19. The van der Waals surface area contributed by atoms with Gasteiger partial charge in [0.05, 0.1) is 5.69 Å². The van der Waals surface area contributed by atoms with Crippen molar-refractivity contribution in [1.82, 2.24) is 4.98 Å². The van der Waals surface area contributed by atoms with Crippen molar-refractivity contribution in [3.63, 3.8) is 0 Å². The molecule has 1 aromatic rings. The topological polar surface area (TPSA) is 51.2 Å². The maximum absolute atomic E-state index is 11.8. The first kappa shape index (κ1) is 14.7. The Morgan fingerprint density at radius 3 is 2.83 bits per heavy atom. The molecule has 0 bridgehead atoms. The number of aryl methyl sites for hydroxylation is 1. The Bertz CT molecular complexity index is 438. The summed E-state index contributed by atoms with van der Waals surface area (Å²) < 4.78 is 39.5. The molecule has 0 unspecified atom stereocenters. The van der Waals surface area contributed by atoms with E-state index in [9.17, 15) is 18.0 Å². The Kier molecular flexibility index (Phi) is 4.92. The van der Waals surface area contributed by atoms with Crippen LogP contribution in [0.1, 0.15) is 5.56 Å². The summed E-state index contributed by atoms with van der Waals surface area (Å²) in [5.74, 6) is -0.728. The molecule has 100 valence electrons. The van der Waals surface area contributed by atoms with Crippen molar-refractivity contribution in [3.05, 3.63) is 23.0 Å². The van der Waals surface area contributed by atoms with Crippen LogP contribution in [-0.2, 0) is 9.53 Å². The maximum atomic E-state index is 11.8. The zero-order valence-corrected chi connectivity index (χ0v) is 10.1. The minimum atomic E-state index is -4.46. The highest BCUT2D eigenvalue weighted by atomic mass is 35.5. The number of hydrogen-bond acceptors (Lipinski definition) is 3. The molecule has 1 N–H and O–H groups in total. The van der Waals surface area contributed by atoms with Crippen LogP contribution in [-0.4, -0.2) is 30.3 Å². The summed E-state index contributed by atoms with van der Waals surface area (Å²) in [6.45, 7) is -0.441. The molecule has 0 atom stereocenters. The number of amides is 1. The molecule has 0 fully saturated rings. The van der Waals surface area contributed by atoms with Gasteiger partial charge in [-0.1, -0.05) is 11.6 Å². The number of nitrogens with one attached hydrogen (secondary N) is 1. The van der Waals surface area contributed by atoms with E-state index in [1.807, 2.05) is 0 Å². The first-order valence-electron chi connectivity index (χ1n) is 4.84. The number of halogens is 4. The quantitative estimate of drug-likeness (QED) is 0.864. The molecule has 18 heavy (non-hydrogen) atoms. The molecule has 0 saturated heterocycles. The standard InChI is InChI=1S/C10H10ClF3N2O2/c1-6-2-7(9(11)15-3-6)16-8(17)4-18-5-10(12,13)14/h2-3H,4-5H2,1H3,(H,16,17). The monoisotopic (exact) mass is 282 g/mol. The maximum Gasteiger partial charge on any atom is 0.411 e. The first-order valence-corrected chi connectivity index (χ1v) is 5.22. The molecule has 1 amide bonds. The normalized spacial score (nSPS) is 11.4. The van der Waals surface area contributed by atoms with Crippen LogP contribution in [0.25, 0.3) is 0 Å². The van der Waals surface area contributed by atoms with Crippen molar-refractivity contribution in [1.29, 1.82) is 0 Å². The van der Waals surface area contributed by atoms with Gasteiger partial charge >= 0.3 is 6.18 Å². The lowest BCUT2D eigenvalue weighted by Gasteiger charge is -2.09. The van der Waals surface area contributed by atoms with E-state index in [0.717, 1.165) is 5.56 Å². The van der Waals surface area contributed by atoms with Gasteiger partial charge in [0.25, 0.3) is 0 Å². The second-order valence-electron chi connectivity index (χ2n) is 3.51. The van der Waals surface area contributed by atoms with Gasteiger partial charge in [-0.15, -0.1) is 0 Å². The van der Waals surface area contributed by atoms with Crippen LogP contribution >= 0.6 is 11.6 Å². The van der Waals surface area contributed by atoms with E-state index >= 15 is 0 Å². The van der Waals surface area contributed by atoms with E-state index in [4.69, 9.17) is 11.6 Å². The molecule has 1 heterocycles. The molecule has 0 aromatic carbocycles. The number of pyridine rings is 1. The largest absolute Gasteiger partial charge is 0.411 e. The molecular formula is C10H10ClF3N2O2. The Labute approximate surface area is 106 Å². The molecule has 8 heteroatoms. The van der Waals surface area contributed by atoms with Crippen LogP contribution in [0.3, 0.4) is 0 Å². The van der Waals surface area contributed by atoms with Gasteiger partial charge in [-0.2, -0.15) is 13.2 Å². The number of hydrogen-bond donors (Lipinski definition) is 1. The summed E-state index contributed by atoms with van der Waals surface area (Å²) in [4.78, 5) is 15.1. The molecule has 1 aromatic heterocycles. The van der Waals surface area contributed by atoms with E-state index in [1.54, 1.807) is 13.0 Å². The molecule has 0 aliphatic carbocycles. The van der Waals surface area contributed by atoms with Crippen molar-refractivity contribution in [3.8, 4) is 0 Å². The highest BCUT2D eigenvalue weighted by Gasteiger charge is 2.27. The van der Waals surface area contributed by atoms with Crippen LogP contribution < -0.4 is 5.32 Å². The van der Waals surface area contributed by atoms with Crippen molar-refractivity contribution < 1.29 is 22.7 Å². The number of anilines is 1. The smallest absolute Gasteiger partial charge is 0.362 e. The van der Waals surface area contributed by atoms with E-state index in [1.165, 1.54) is 6.20 Å². The number of nitrogens with zero attached hydrogens (tertiary/aromatic N) is 1. The summed E-state index contributed by atoms with van der Waals surface area (Å²) in [7, 11) is 0. The van der Waals surface area contributed by atoms with Crippen molar-refractivity contribution >= 4 is 23.2 Å². The Morgan fingerprint density at radius 2 is 2.22 bits per heavy atom. The van der Waals surface area contributed by atoms with Gasteiger partial charge < -0.3 is 10.1 Å². The van der Waals surface area contributed by atoms with E-state index in [0.29, 0.717) is 0 Å². The molecule has 0 radical (unpaired) electrons. The van der Waals surface area contributed by atoms with Crippen molar-refractivity contribution in [2.75, 3.05) is 18.5 Å². The average molecular weight is 283 g/mol. The second kappa shape index (κ2) is 6.01. The van der Waals surface area contributed by atoms with Gasteiger partial charge in [0.15, 0.2) is 5.15 Å². The second-order valence-corrected chi connectivity index (χ2v) is 3.87. The molecule has 4 nitrogen and oxygen atoms in total. The van der Waals surface area contributed by atoms with Crippen LogP contribution in [0.15, 0.2) is 12.3 Å². The number of alkyl halides is 3. The number of carbonyl (C=O) groups excluding carboxylic acids is 1. The fourth-order valence-corrected chi connectivity index (χ4v) is 1.24. The van der Waals surface area contributed by atoms with Gasteiger partial charge in [0.2, 0.25) is 5.91 Å². The van der Waals surface area contributed by atoms with Crippen LogP contribution in [0, 0.1) is 6.92 Å². The van der Waals surface area contributed by atoms with Crippen LogP contribution in [0.2, 0.25) is 5.15 Å². The highest BCUT2D eigenvalue weighted by molar-refractivity contribution is 6.32. The molecular weight excluding hydrogens is 273 g/mol. The zero-order chi connectivity index (χ0) is 13.8. The number of aromatic nitrogens is 1. The molecule has 0 aliphatic heterocycles. The molecule has 0 spiro atoms. The summed E-state index contributed by atoms with van der Waals surface area (Å²) >= 11 is 5.70. The Hall–Kier alpha value is -1.34. The van der Waals surface area contributed by atoms with Gasteiger partial charge in [0.1, 0.15) is 13.2 Å². The van der Waals surface area contributed by atoms with Crippen molar-refractivity contribution in [2.24, 2.45) is 0 Å². The predicted octanol–water partition coefficient (Wildman–Crippen LogP) is 2.56. The minimum absolute atomic E-state index is 0.0600. The lowest BCUT2D eigenvalue weighted by Crippen LogP contribution is -2.24. The fraction of sp³-hybridized carbons (Fsp3) is 0.400. The van der Waals surface area contributed by atoms with Crippen LogP contribution in [0.4, 0.5) is 18.9 Å². The summed E-state index contributed by atoms with van der Waals surface area (Å²) in [5.41, 5.74) is 0.989. The number of carbonyl (C=O) groups is 1. The number of rotatable bonds is 4. The fourth-order valence-electron chi connectivity index (χ4n) is 1.09. The third-order valence-electron chi connectivity index (χ3n) is 1.75.